The van der Waals surface area contributed by atoms with Crippen LogP contribution in [0.2, 0.25) is 0 Å². The molecule has 0 aliphatic carbocycles. The molecule has 0 atom stereocenters. The van der Waals surface area contributed by atoms with Gasteiger partial charge >= 0.3 is 0 Å². The average molecular weight is 524 g/mol. The summed E-state index contributed by atoms with van der Waals surface area (Å²) in [5.41, 5.74) is 4.47. The summed E-state index contributed by atoms with van der Waals surface area (Å²) < 4.78 is 29.3. The minimum atomic E-state index is -0.848. The third kappa shape index (κ3) is 4.60. The Hall–Kier alpha value is -4.00. The van der Waals surface area contributed by atoms with Crippen LogP contribution < -0.4 is 19.1 Å². The highest BCUT2D eigenvalue weighted by atomic mass is 16.5. The third-order valence-electron chi connectivity index (χ3n) is 7.66. The molecule has 200 valence electrons. The van der Waals surface area contributed by atoms with Gasteiger partial charge in [0.1, 0.15) is 17.2 Å². The summed E-state index contributed by atoms with van der Waals surface area (Å²) in [6, 6.07) is 25.0. The highest BCUT2D eigenvalue weighted by Crippen LogP contribution is 2.47. The maximum absolute atomic E-state index is 7.21. The van der Waals surface area contributed by atoms with Gasteiger partial charge in [-0.05, 0) is 59.5 Å². The van der Waals surface area contributed by atoms with Crippen molar-refractivity contribution in [3.63, 3.8) is 0 Å². The molecule has 0 saturated carbocycles. The molecule has 1 saturated heterocycles. The Morgan fingerprint density at radius 1 is 0.795 bits per heavy atom. The Labute approximate surface area is 229 Å². The second-order valence-corrected chi connectivity index (χ2v) is 9.84. The zero-order chi connectivity index (χ0) is 26.8. The van der Waals surface area contributed by atoms with E-state index in [1.54, 1.807) is 21.3 Å². The monoisotopic (exact) mass is 523 g/mol. The molecule has 0 bridgehead atoms. The van der Waals surface area contributed by atoms with Gasteiger partial charge in [0.2, 0.25) is 0 Å². The van der Waals surface area contributed by atoms with Gasteiger partial charge in [0.25, 0.3) is 0 Å². The molecule has 0 amide bonds. The van der Waals surface area contributed by atoms with Gasteiger partial charge in [-0.3, -0.25) is 0 Å². The van der Waals surface area contributed by atoms with E-state index in [0.717, 1.165) is 76.6 Å². The van der Waals surface area contributed by atoms with Crippen molar-refractivity contribution >= 4 is 22.5 Å². The van der Waals surface area contributed by atoms with Crippen molar-refractivity contribution < 1.29 is 23.7 Å². The van der Waals surface area contributed by atoms with E-state index in [1.165, 1.54) is 5.69 Å². The van der Waals surface area contributed by atoms with Crippen LogP contribution >= 0.6 is 0 Å². The first-order chi connectivity index (χ1) is 19.1. The van der Waals surface area contributed by atoms with E-state index in [1.807, 2.05) is 24.3 Å². The van der Waals surface area contributed by atoms with Crippen molar-refractivity contribution in [1.82, 2.24) is 0 Å². The predicted molar refractivity (Wildman–Crippen MR) is 154 cm³/mol. The Kier molecular flexibility index (Phi) is 6.90. The number of morpholine rings is 1. The molecule has 0 aromatic heterocycles. The van der Waals surface area contributed by atoms with Gasteiger partial charge in [-0.2, -0.15) is 0 Å². The topological polar surface area (TPSA) is 49.4 Å². The number of rotatable bonds is 7. The normalized spacial score (nSPS) is 16.0. The molecular weight excluding hydrogens is 490 g/mol. The van der Waals surface area contributed by atoms with Gasteiger partial charge < -0.3 is 28.6 Å². The van der Waals surface area contributed by atoms with Crippen molar-refractivity contribution in [2.75, 3.05) is 52.5 Å². The van der Waals surface area contributed by atoms with E-state index < -0.39 is 5.60 Å². The lowest BCUT2D eigenvalue weighted by Gasteiger charge is -2.37. The quantitative estimate of drug-likeness (QED) is 0.288. The summed E-state index contributed by atoms with van der Waals surface area (Å²) in [6.45, 7) is 3.71. The van der Waals surface area contributed by atoms with Gasteiger partial charge in [0.05, 0.1) is 34.0 Å². The van der Waals surface area contributed by atoms with Gasteiger partial charge in [0.15, 0.2) is 5.60 Å². The summed E-state index contributed by atoms with van der Waals surface area (Å²) in [5, 5.41) is 2.19. The van der Waals surface area contributed by atoms with Crippen LogP contribution in [0, 0.1) is 0 Å². The first-order valence-electron chi connectivity index (χ1n) is 13.2. The molecule has 6 heteroatoms. The number of ether oxygens (including phenoxy) is 5. The Morgan fingerprint density at radius 2 is 1.44 bits per heavy atom. The number of fused-ring (bicyclic) bond motifs is 3. The minimum Gasteiger partial charge on any atom is -0.497 e. The fraction of sp³-hybridized carbons (Fsp3) is 0.273. The van der Waals surface area contributed by atoms with Gasteiger partial charge in [-0.1, -0.05) is 36.4 Å². The van der Waals surface area contributed by atoms with Crippen LogP contribution in [-0.4, -0.2) is 47.6 Å². The number of benzene rings is 4. The van der Waals surface area contributed by atoms with E-state index in [9.17, 15) is 0 Å². The lowest BCUT2D eigenvalue weighted by molar-refractivity contribution is 0.122. The number of methoxy groups -OCH3 is 3. The second-order valence-electron chi connectivity index (χ2n) is 9.84. The summed E-state index contributed by atoms with van der Waals surface area (Å²) in [6.07, 6.45) is 4.33. The van der Waals surface area contributed by atoms with Crippen LogP contribution in [0.3, 0.4) is 0 Å². The Morgan fingerprint density at radius 3 is 2.03 bits per heavy atom. The summed E-state index contributed by atoms with van der Waals surface area (Å²) in [4.78, 5) is 2.37. The smallest absolute Gasteiger partial charge is 0.178 e. The lowest BCUT2D eigenvalue weighted by atomic mass is 9.82. The molecule has 0 N–H and O–H groups in total. The van der Waals surface area contributed by atoms with E-state index >= 15 is 0 Å². The number of hydrogen-bond donors (Lipinski definition) is 0. The molecule has 4 aromatic rings. The third-order valence-corrected chi connectivity index (χ3v) is 7.66. The molecule has 4 aromatic carbocycles. The molecule has 6 rings (SSSR count). The van der Waals surface area contributed by atoms with E-state index in [4.69, 9.17) is 23.7 Å². The van der Waals surface area contributed by atoms with Crippen LogP contribution in [0.1, 0.15) is 22.3 Å². The molecule has 1 fully saturated rings. The van der Waals surface area contributed by atoms with Crippen molar-refractivity contribution in [3.8, 4) is 17.2 Å². The summed E-state index contributed by atoms with van der Waals surface area (Å²) >= 11 is 0. The van der Waals surface area contributed by atoms with Crippen LogP contribution in [0.4, 0.5) is 5.69 Å². The van der Waals surface area contributed by atoms with Gasteiger partial charge in [-0.15, -0.1) is 0 Å². The largest absolute Gasteiger partial charge is 0.497 e. The maximum Gasteiger partial charge on any atom is 0.178 e. The molecule has 2 aliphatic heterocycles. The Balaban J connectivity index is 1.55. The van der Waals surface area contributed by atoms with E-state index in [-0.39, 0.29) is 0 Å². The average Bonchev–Trinajstić information content (AvgIpc) is 3.01. The molecular formula is C33H33NO5. The lowest BCUT2D eigenvalue weighted by Crippen LogP contribution is -2.36. The number of hydrogen-bond acceptors (Lipinski definition) is 6. The van der Waals surface area contributed by atoms with Crippen LogP contribution in [0.15, 0.2) is 78.9 Å². The summed E-state index contributed by atoms with van der Waals surface area (Å²) in [7, 11) is 5.08. The fourth-order valence-corrected chi connectivity index (χ4v) is 5.56. The van der Waals surface area contributed by atoms with Gasteiger partial charge in [-0.25, -0.2) is 0 Å². The molecule has 0 spiro atoms. The van der Waals surface area contributed by atoms with Crippen LogP contribution in [-0.2, 0) is 21.7 Å². The first-order valence-corrected chi connectivity index (χ1v) is 13.2. The molecule has 6 nitrogen and oxygen atoms in total. The van der Waals surface area contributed by atoms with Crippen LogP contribution in [0.25, 0.3) is 16.8 Å². The number of nitrogens with zero attached hydrogens (tertiary/aromatic N) is 1. The highest BCUT2D eigenvalue weighted by molar-refractivity contribution is 5.96. The first kappa shape index (κ1) is 25.3. The SMILES string of the molecule is COCc1cc2ccc(N3CCOCC3)cc2c2c1C=CC(c1ccc(OC)cc1)(c1ccc(OC)cc1)O2. The maximum atomic E-state index is 7.21. The molecule has 0 unspecified atom stereocenters. The Bertz CT molecular complexity index is 1440. The van der Waals surface area contributed by atoms with Crippen molar-refractivity contribution in [2.24, 2.45) is 0 Å². The zero-order valence-corrected chi connectivity index (χ0v) is 22.6. The van der Waals surface area contributed by atoms with Crippen LogP contribution in [0.5, 0.6) is 17.2 Å². The summed E-state index contributed by atoms with van der Waals surface area (Å²) in [5.74, 6) is 2.45. The standard InChI is InChI=1S/C33H33NO5/c1-35-22-24-20-23-4-9-27(34-16-18-38-19-17-34)21-31(23)32-30(24)14-15-33(39-32,25-5-10-28(36-2)11-6-25)26-7-12-29(37-3)13-8-26/h4-15,20-21H,16-19,22H2,1-3H3. The minimum absolute atomic E-state index is 0.495. The second kappa shape index (κ2) is 10.6. The predicted octanol–water partition coefficient (Wildman–Crippen LogP) is 6.19. The number of anilines is 1. The zero-order valence-electron chi connectivity index (χ0n) is 22.6. The molecule has 0 radical (unpaired) electrons. The molecule has 2 heterocycles. The van der Waals surface area contributed by atoms with E-state index in [2.05, 4.69) is 65.6 Å². The van der Waals surface area contributed by atoms with E-state index in [0.29, 0.717) is 6.61 Å². The molecule has 2 aliphatic rings. The highest BCUT2D eigenvalue weighted by Gasteiger charge is 2.38. The van der Waals surface area contributed by atoms with Crippen molar-refractivity contribution in [1.29, 1.82) is 0 Å². The van der Waals surface area contributed by atoms with Gasteiger partial charge in [0, 0.05) is 48.0 Å². The van der Waals surface area contributed by atoms with Crippen molar-refractivity contribution in [3.05, 3.63) is 101 Å². The fourth-order valence-electron chi connectivity index (χ4n) is 5.56. The van der Waals surface area contributed by atoms with Crippen molar-refractivity contribution in [2.45, 2.75) is 12.2 Å². The molecule has 39 heavy (non-hydrogen) atoms.